The molecule has 78 valence electrons. The van der Waals surface area contributed by atoms with Crippen LogP contribution in [-0.2, 0) is 6.54 Å². The Morgan fingerprint density at radius 3 is 3.07 bits per heavy atom. The van der Waals surface area contributed by atoms with Gasteiger partial charge in [0, 0.05) is 12.7 Å². The Morgan fingerprint density at radius 1 is 1.43 bits per heavy atom. The Balaban J connectivity index is 1.99. The fourth-order valence-corrected chi connectivity index (χ4v) is 1.63. The average molecular weight is 211 g/mol. The Labute approximate surface area is 89.7 Å². The molecule has 0 aromatic carbocycles. The van der Waals surface area contributed by atoms with Gasteiger partial charge in [-0.1, -0.05) is 0 Å². The Hall–Kier alpha value is -0.610. The molecule has 14 heavy (non-hydrogen) atoms. The third kappa shape index (κ3) is 5.19. The van der Waals surface area contributed by atoms with Crippen molar-refractivity contribution in [1.82, 2.24) is 15.5 Å². The van der Waals surface area contributed by atoms with Crippen molar-refractivity contribution in [2.75, 3.05) is 18.6 Å². The topological polar surface area (TPSA) is 37.8 Å². The third-order valence-corrected chi connectivity index (χ3v) is 2.58. The van der Waals surface area contributed by atoms with E-state index in [2.05, 4.69) is 21.8 Å². The molecule has 1 rings (SSSR count). The van der Waals surface area contributed by atoms with Gasteiger partial charge in [-0.2, -0.15) is 22.0 Å². The van der Waals surface area contributed by atoms with Gasteiger partial charge in [0.05, 0.1) is 5.69 Å². The van der Waals surface area contributed by atoms with E-state index in [0.29, 0.717) is 0 Å². The molecule has 0 aliphatic heterocycles. The largest absolute Gasteiger partial charge is 0.311 e. The summed E-state index contributed by atoms with van der Waals surface area (Å²) in [5, 5.41) is 11.2. The van der Waals surface area contributed by atoms with Crippen LogP contribution in [0, 0.1) is 0 Å². The van der Waals surface area contributed by atoms with Crippen molar-refractivity contribution < 1.29 is 0 Å². The van der Waals surface area contributed by atoms with Gasteiger partial charge in [-0.3, -0.25) is 0 Å². The number of rotatable bonds is 7. The molecule has 0 fully saturated rings. The summed E-state index contributed by atoms with van der Waals surface area (Å²) in [6.07, 6.45) is 6.37. The molecule has 0 aliphatic rings. The fourth-order valence-electron chi connectivity index (χ4n) is 1.14. The number of aromatic nitrogens is 2. The molecule has 0 spiro atoms. The van der Waals surface area contributed by atoms with E-state index in [1.54, 1.807) is 6.20 Å². The molecule has 0 saturated carbocycles. The summed E-state index contributed by atoms with van der Waals surface area (Å²) in [5.74, 6) is 1.26. The molecule has 4 heteroatoms. The van der Waals surface area contributed by atoms with Crippen LogP contribution >= 0.6 is 11.8 Å². The van der Waals surface area contributed by atoms with Crippen LogP contribution in [0.25, 0.3) is 0 Å². The second-order valence-electron chi connectivity index (χ2n) is 3.09. The van der Waals surface area contributed by atoms with Gasteiger partial charge in [-0.25, -0.2) is 0 Å². The summed E-state index contributed by atoms with van der Waals surface area (Å²) in [5.41, 5.74) is 1.01. The molecule has 1 aromatic heterocycles. The molecule has 0 aliphatic carbocycles. The Bertz CT molecular complexity index is 228. The van der Waals surface area contributed by atoms with Gasteiger partial charge in [0.25, 0.3) is 0 Å². The first-order valence-electron chi connectivity index (χ1n) is 4.89. The van der Waals surface area contributed by atoms with Crippen molar-refractivity contribution >= 4 is 11.8 Å². The maximum absolute atomic E-state index is 4.00. The highest BCUT2D eigenvalue weighted by Crippen LogP contribution is 1.98. The molecule has 1 aromatic rings. The van der Waals surface area contributed by atoms with E-state index in [1.165, 1.54) is 18.6 Å². The molecule has 0 radical (unpaired) electrons. The maximum Gasteiger partial charge on any atom is 0.0768 e. The lowest BCUT2D eigenvalue weighted by atomic mass is 10.3. The molecule has 1 heterocycles. The summed E-state index contributed by atoms with van der Waals surface area (Å²) in [7, 11) is 0. The van der Waals surface area contributed by atoms with Crippen molar-refractivity contribution in [3.8, 4) is 0 Å². The molecule has 0 atom stereocenters. The van der Waals surface area contributed by atoms with Gasteiger partial charge in [0.15, 0.2) is 0 Å². The number of nitrogens with one attached hydrogen (secondary N) is 1. The van der Waals surface area contributed by atoms with Crippen LogP contribution in [0.5, 0.6) is 0 Å². The van der Waals surface area contributed by atoms with Crippen molar-refractivity contribution in [1.29, 1.82) is 0 Å². The zero-order valence-electron chi connectivity index (χ0n) is 8.57. The number of nitrogens with zero attached hydrogens (tertiary/aromatic N) is 2. The summed E-state index contributed by atoms with van der Waals surface area (Å²) >= 11 is 1.91. The van der Waals surface area contributed by atoms with Crippen molar-refractivity contribution in [2.24, 2.45) is 0 Å². The van der Waals surface area contributed by atoms with Crippen molar-refractivity contribution in [3.05, 3.63) is 24.0 Å². The molecule has 0 amide bonds. The minimum absolute atomic E-state index is 0.826. The smallest absolute Gasteiger partial charge is 0.0768 e. The van der Waals surface area contributed by atoms with Gasteiger partial charge < -0.3 is 5.32 Å². The van der Waals surface area contributed by atoms with Crippen LogP contribution in [0.4, 0.5) is 0 Å². The van der Waals surface area contributed by atoms with Crippen LogP contribution < -0.4 is 5.32 Å². The van der Waals surface area contributed by atoms with Crippen LogP contribution in [0.1, 0.15) is 18.5 Å². The first-order chi connectivity index (χ1) is 6.93. The highest BCUT2D eigenvalue weighted by Gasteiger charge is 1.92. The van der Waals surface area contributed by atoms with Gasteiger partial charge in [-0.15, -0.1) is 0 Å². The summed E-state index contributed by atoms with van der Waals surface area (Å²) in [4.78, 5) is 0. The van der Waals surface area contributed by atoms with Crippen LogP contribution in [-0.4, -0.2) is 28.8 Å². The number of hydrogen-bond acceptors (Lipinski definition) is 4. The summed E-state index contributed by atoms with van der Waals surface area (Å²) in [6, 6.07) is 3.90. The molecule has 0 unspecified atom stereocenters. The van der Waals surface area contributed by atoms with E-state index in [4.69, 9.17) is 0 Å². The van der Waals surface area contributed by atoms with E-state index in [-0.39, 0.29) is 0 Å². The van der Waals surface area contributed by atoms with E-state index < -0.39 is 0 Å². The Morgan fingerprint density at radius 2 is 2.36 bits per heavy atom. The van der Waals surface area contributed by atoms with E-state index in [9.17, 15) is 0 Å². The molecule has 1 N–H and O–H groups in total. The van der Waals surface area contributed by atoms with E-state index >= 15 is 0 Å². The fraction of sp³-hybridized carbons (Fsp3) is 0.600. The molecular formula is C10H17N3S. The van der Waals surface area contributed by atoms with Gasteiger partial charge in [0.2, 0.25) is 0 Å². The first kappa shape index (κ1) is 11.5. The predicted octanol–water partition coefficient (Wildman–Crippen LogP) is 1.71. The minimum atomic E-state index is 0.826. The van der Waals surface area contributed by atoms with Gasteiger partial charge in [-0.05, 0) is 43.5 Å². The van der Waals surface area contributed by atoms with Gasteiger partial charge in [0.1, 0.15) is 0 Å². The lowest BCUT2D eigenvalue weighted by Crippen LogP contribution is -2.15. The molecule has 0 saturated heterocycles. The average Bonchev–Trinajstić information content (AvgIpc) is 2.25. The number of hydrogen-bond donors (Lipinski definition) is 1. The first-order valence-corrected chi connectivity index (χ1v) is 6.29. The van der Waals surface area contributed by atoms with E-state index in [0.717, 1.165) is 18.8 Å². The minimum Gasteiger partial charge on any atom is -0.311 e. The van der Waals surface area contributed by atoms with Crippen LogP contribution in [0.3, 0.4) is 0 Å². The van der Waals surface area contributed by atoms with E-state index in [1.807, 2.05) is 23.9 Å². The summed E-state index contributed by atoms with van der Waals surface area (Å²) in [6.45, 7) is 1.89. The number of unbranched alkanes of at least 4 members (excludes halogenated alkanes) is 1. The monoisotopic (exact) mass is 211 g/mol. The van der Waals surface area contributed by atoms with Crippen LogP contribution in [0.2, 0.25) is 0 Å². The zero-order valence-corrected chi connectivity index (χ0v) is 9.39. The maximum atomic E-state index is 4.00. The lowest BCUT2D eigenvalue weighted by Gasteiger charge is -2.02. The second kappa shape index (κ2) is 7.76. The highest BCUT2D eigenvalue weighted by atomic mass is 32.2. The normalized spacial score (nSPS) is 10.4. The second-order valence-corrected chi connectivity index (χ2v) is 4.08. The SMILES string of the molecule is CSCCCCNCc1cccnn1. The predicted molar refractivity (Wildman–Crippen MR) is 61.4 cm³/mol. The molecule has 3 nitrogen and oxygen atoms in total. The standard InChI is InChI=1S/C10H17N3S/c1-14-8-3-2-6-11-9-10-5-4-7-12-13-10/h4-5,7,11H,2-3,6,8-9H2,1H3. The van der Waals surface area contributed by atoms with Crippen molar-refractivity contribution in [2.45, 2.75) is 19.4 Å². The quantitative estimate of drug-likeness (QED) is 0.697. The molecule has 0 bridgehead atoms. The van der Waals surface area contributed by atoms with Crippen molar-refractivity contribution in [3.63, 3.8) is 0 Å². The van der Waals surface area contributed by atoms with Gasteiger partial charge >= 0.3 is 0 Å². The highest BCUT2D eigenvalue weighted by molar-refractivity contribution is 7.98. The zero-order chi connectivity index (χ0) is 10.1. The Kier molecular flexibility index (Phi) is 6.36. The number of thioether (sulfide) groups is 1. The third-order valence-electron chi connectivity index (χ3n) is 1.89. The van der Waals surface area contributed by atoms with Crippen LogP contribution in [0.15, 0.2) is 18.3 Å². The summed E-state index contributed by atoms with van der Waals surface area (Å²) < 4.78 is 0. The molecular weight excluding hydrogens is 194 g/mol. The lowest BCUT2D eigenvalue weighted by molar-refractivity contribution is 0.630.